The molecule has 0 amide bonds. The Bertz CT molecular complexity index is 1360. The van der Waals surface area contributed by atoms with Gasteiger partial charge >= 0.3 is 0 Å². The van der Waals surface area contributed by atoms with Gasteiger partial charge in [-0.2, -0.15) is 5.10 Å². The van der Waals surface area contributed by atoms with Crippen molar-refractivity contribution in [3.05, 3.63) is 126 Å². The molecule has 0 radical (unpaired) electrons. The Balaban J connectivity index is 1.75. The highest BCUT2D eigenvalue weighted by Crippen LogP contribution is 2.41. The highest BCUT2D eigenvalue weighted by molar-refractivity contribution is 5.72. The summed E-state index contributed by atoms with van der Waals surface area (Å²) in [6.07, 6.45) is 1.59. The molecular formula is C29H28N4O2. The second-order valence-electron chi connectivity index (χ2n) is 8.62. The van der Waals surface area contributed by atoms with Gasteiger partial charge in [0.2, 0.25) is 0 Å². The van der Waals surface area contributed by atoms with Crippen LogP contribution < -0.4 is 10.1 Å². The fourth-order valence-electron chi connectivity index (χ4n) is 4.65. The van der Waals surface area contributed by atoms with E-state index in [0.717, 1.165) is 33.7 Å². The summed E-state index contributed by atoms with van der Waals surface area (Å²) in [6.45, 7) is 1.78. The van der Waals surface area contributed by atoms with E-state index in [1.165, 1.54) is 0 Å². The number of aromatic nitrogens is 3. The molecule has 1 atom stereocenters. The number of ether oxygens (including phenoxy) is 1. The van der Waals surface area contributed by atoms with Crippen molar-refractivity contribution in [2.75, 3.05) is 12.4 Å². The summed E-state index contributed by atoms with van der Waals surface area (Å²) >= 11 is 0. The lowest BCUT2D eigenvalue weighted by Gasteiger charge is -2.37. The quantitative estimate of drug-likeness (QED) is 0.314. The Morgan fingerprint density at radius 1 is 0.857 bits per heavy atom. The topological polar surface area (TPSA) is 71.7 Å². The Hall–Kier alpha value is -4.16. The minimum absolute atomic E-state index is 0.466. The molecule has 2 aromatic heterocycles. The molecule has 0 aliphatic carbocycles. The molecule has 2 heterocycles. The van der Waals surface area contributed by atoms with E-state index < -0.39 is 11.6 Å². The summed E-state index contributed by atoms with van der Waals surface area (Å²) in [4.78, 5) is 4.66. The molecule has 6 heteroatoms. The number of aliphatic hydroxyl groups excluding tert-OH is 1. The lowest BCUT2D eigenvalue weighted by Crippen LogP contribution is -2.38. The van der Waals surface area contributed by atoms with Gasteiger partial charge in [-0.1, -0.05) is 72.8 Å². The third-order valence-electron chi connectivity index (χ3n) is 6.28. The third kappa shape index (κ3) is 4.24. The number of hydrogen-bond donors (Lipinski definition) is 2. The van der Waals surface area contributed by atoms with Gasteiger partial charge in [0.15, 0.2) is 5.82 Å². The van der Waals surface area contributed by atoms with E-state index in [2.05, 4.69) is 51.8 Å². The summed E-state index contributed by atoms with van der Waals surface area (Å²) in [7, 11) is 1.67. The monoisotopic (exact) mass is 464 g/mol. The van der Waals surface area contributed by atoms with Crippen molar-refractivity contribution >= 4 is 11.3 Å². The molecular weight excluding hydrogens is 436 g/mol. The number of benzene rings is 3. The molecule has 0 aliphatic heterocycles. The van der Waals surface area contributed by atoms with Gasteiger partial charge < -0.3 is 15.2 Å². The zero-order valence-electron chi connectivity index (χ0n) is 19.8. The molecule has 5 aromatic rings. The minimum atomic E-state index is -0.738. The Morgan fingerprint density at radius 3 is 2.03 bits per heavy atom. The molecule has 0 saturated heterocycles. The summed E-state index contributed by atoms with van der Waals surface area (Å²) < 4.78 is 7.28. The maximum Gasteiger partial charge on any atom is 0.155 e. The van der Waals surface area contributed by atoms with Gasteiger partial charge in [0.1, 0.15) is 23.1 Å². The summed E-state index contributed by atoms with van der Waals surface area (Å²) in [5.74, 6) is 1.49. The highest BCUT2D eigenvalue weighted by atomic mass is 16.5. The van der Waals surface area contributed by atoms with E-state index in [9.17, 15) is 5.11 Å². The number of hydrogen-bond acceptors (Lipinski definition) is 5. The van der Waals surface area contributed by atoms with Gasteiger partial charge in [0.25, 0.3) is 0 Å². The first kappa shape index (κ1) is 22.6. The van der Waals surface area contributed by atoms with Crippen molar-refractivity contribution in [1.82, 2.24) is 14.6 Å². The standard InChI is InChI=1S/C29H28N4O2/c1-21(34)19-25-15-18-27-28(30-20-31-33(25)27)32-29(22-9-5-3-6-10-22,23-11-7-4-8-12-23)24-13-16-26(35-2)17-14-24/h3-18,20-21,34H,19H2,1-2H3,(H,30,31,32)/t21-/m1/s1. The summed E-state index contributed by atoms with van der Waals surface area (Å²) in [5.41, 5.74) is 4.22. The number of rotatable bonds is 8. The van der Waals surface area contributed by atoms with Crippen LogP contribution in [0.2, 0.25) is 0 Å². The van der Waals surface area contributed by atoms with E-state index in [0.29, 0.717) is 12.2 Å². The SMILES string of the molecule is COc1ccc(C(Nc2ncnn3c(C[C@@H](C)O)ccc23)(c2ccccc2)c2ccccc2)cc1. The average Bonchev–Trinajstić information content (AvgIpc) is 3.31. The number of aliphatic hydroxyl groups is 1. The predicted octanol–water partition coefficient (Wildman–Crippen LogP) is 5.07. The number of methoxy groups -OCH3 is 1. The molecule has 5 rings (SSSR count). The van der Waals surface area contributed by atoms with Crippen LogP contribution in [0.15, 0.2) is 103 Å². The minimum Gasteiger partial charge on any atom is -0.497 e. The van der Waals surface area contributed by atoms with E-state index in [1.807, 2.05) is 65.2 Å². The summed E-state index contributed by atoms with van der Waals surface area (Å²) in [5, 5.41) is 18.2. The number of nitrogens with one attached hydrogen (secondary N) is 1. The fourth-order valence-corrected chi connectivity index (χ4v) is 4.65. The van der Waals surface area contributed by atoms with Gasteiger partial charge in [0, 0.05) is 12.1 Å². The molecule has 3 aromatic carbocycles. The van der Waals surface area contributed by atoms with Crippen LogP contribution in [0.3, 0.4) is 0 Å². The van der Waals surface area contributed by atoms with Crippen molar-refractivity contribution in [3.8, 4) is 5.75 Å². The molecule has 35 heavy (non-hydrogen) atoms. The van der Waals surface area contributed by atoms with Gasteiger partial charge in [-0.25, -0.2) is 9.50 Å². The maximum absolute atomic E-state index is 9.95. The molecule has 0 spiro atoms. The smallest absolute Gasteiger partial charge is 0.155 e. The van der Waals surface area contributed by atoms with Crippen molar-refractivity contribution in [2.24, 2.45) is 0 Å². The lowest BCUT2D eigenvalue weighted by atomic mass is 9.77. The molecule has 0 unspecified atom stereocenters. The van der Waals surface area contributed by atoms with Gasteiger partial charge in [-0.15, -0.1) is 0 Å². The summed E-state index contributed by atoms with van der Waals surface area (Å²) in [6, 6.07) is 32.8. The van der Waals surface area contributed by atoms with Gasteiger partial charge in [-0.05, 0) is 47.9 Å². The van der Waals surface area contributed by atoms with Crippen LogP contribution in [0.4, 0.5) is 5.82 Å². The van der Waals surface area contributed by atoms with Gasteiger partial charge in [0.05, 0.1) is 13.2 Å². The van der Waals surface area contributed by atoms with E-state index >= 15 is 0 Å². The highest BCUT2D eigenvalue weighted by Gasteiger charge is 2.37. The van der Waals surface area contributed by atoms with Crippen LogP contribution in [-0.2, 0) is 12.0 Å². The zero-order valence-corrected chi connectivity index (χ0v) is 19.8. The third-order valence-corrected chi connectivity index (χ3v) is 6.28. The molecule has 0 bridgehead atoms. The van der Waals surface area contributed by atoms with Crippen molar-refractivity contribution in [2.45, 2.75) is 25.0 Å². The number of fused-ring (bicyclic) bond motifs is 1. The Labute approximate surface area is 204 Å². The van der Waals surface area contributed by atoms with E-state index in [4.69, 9.17) is 4.74 Å². The Kier molecular flexibility index (Phi) is 6.21. The van der Waals surface area contributed by atoms with E-state index in [-0.39, 0.29) is 0 Å². The van der Waals surface area contributed by atoms with Crippen molar-refractivity contribution < 1.29 is 9.84 Å². The first-order chi connectivity index (χ1) is 17.1. The maximum atomic E-state index is 9.95. The average molecular weight is 465 g/mol. The lowest BCUT2D eigenvalue weighted by molar-refractivity contribution is 0.193. The molecule has 0 saturated carbocycles. The van der Waals surface area contributed by atoms with Crippen LogP contribution in [0.5, 0.6) is 5.75 Å². The predicted molar refractivity (Wildman–Crippen MR) is 138 cm³/mol. The van der Waals surface area contributed by atoms with Crippen molar-refractivity contribution in [3.63, 3.8) is 0 Å². The van der Waals surface area contributed by atoms with Crippen LogP contribution in [0.1, 0.15) is 29.3 Å². The second kappa shape index (κ2) is 9.60. The first-order valence-corrected chi connectivity index (χ1v) is 11.7. The molecule has 6 nitrogen and oxygen atoms in total. The first-order valence-electron chi connectivity index (χ1n) is 11.7. The van der Waals surface area contributed by atoms with Crippen LogP contribution in [-0.4, -0.2) is 32.9 Å². The van der Waals surface area contributed by atoms with Crippen LogP contribution in [0.25, 0.3) is 5.52 Å². The molecule has 176 valence electrons. The van der Waals surface area contributed by atoms with E-state index in [1.54, 1.807) is 20.4 Å². The van der Waals surface area contributed by atoms with Crippen molar-refractivity contribution in [1.29, 1.82) is 0 Å². The van der Waals surface area contributed by atoms with Crippen LogP contribution >= 0.6 is 0 Å². The number of nitrogens with zero attached hydrogens (tertiary/aromatic N) is 3. The number of anilines is 1. The molecule has 0 aliphatic rings. The fraction of sp³-hybridized carbons (Fsp3) is 0.172. The van der Waals surface area contributed by atoms with Crippen LogP contribution in [0, 0.1) is 0 Å². The molecule has 0 fully saturated rings. The Morgan fingerprint density at radius 2 is 1.46 bits per heavy atom. The normalized spacial score (nSPS) is 12.4. The van der Waals surface area contributed by atoms with Gasteiger partial charge in [-0.3, -0.25) is 0 Å². The zero-order chi connectivity index (χ0) is 24.3. The second-order valence-corrected chi connectivity index (χ2v) is 8.62. The molecule has 2 N–H and O–H groups in total. The largest absolute Gasteiger partial charge is 0.497 e.